The highest BCUT2D eigenvalue weighted by atomic mass is 16.5. The monoisotopic (exact) mass is 372 g/mol. The van der Waals surface area contributed by atoms with Crippen molar-refractivity contribution < 1.29 is 9.53 Å². The second kappa shape index (κ2) is 9.57. The first-order chi connectivity index (χ1) is 13.7. The molecule has 0 saturated carbocycles. The first-order valence-electron chi connectivity index (χ1n) is 9.51. The third kappa shape index (κ3) is 5.34. The molecule has 2 aromatic carbocycles. The number of nitrogens with zero attached hydrogens (tertiary/aromatic N) is 1. The van der Waals surface area contributed by atoms with Crippen molar-refractivity contribution in [3.05, 3.63) is 65.9 Å². The van der Waals surface area contributed by atoms with Crippen LogP contribution in [-0.2, 0) is 0 Å². The number of aromatic nitrogens is 1. The topological polar surface area (TPSA) is 51.2 Å². The summed E-state index contributed by atoms with van der Waals surface area (Å²) in [5.41, 5.74) is 3.14. The minimum atomic E-state index is -0.158. The third-order valence-electron chi connectivity index (χ3n) is 4.42. The molecule has 0 bridgehead atoms. The summed E-state index contributed by atoms with van der Waals surface area (Å²) in [5.74, 6) is 3.23. The van der Waals surface area contributed by atoms with Gasteiger partial charge in [0.25, 0.3) is 5.91 Å². The number of unbranched alkanes of at least 4 members (excludes halogenated alkanes) is 3. The second-order valence-electron chi connectivity index (χ2n) is 6.71. The van der Waals surface area contributed by atoms with E-state index < -0.39 is 0 Å². The van der Waals surface area contributed by atoms with Crippen LogP contribution in [0, 0.1) is 19.3 Å². The number of hydrogen-bond donors (Lipinski definition) is 1. The minimum Gasteiger partial charge on any atom is -0.494 e. The van der Waals surface area contributed by atoms with E-state index in [1.807, 2.05) is 55.5 Å². The average molecular weight is 372 g/mol. The number of hydrogen-bond acceptors (Lipinski definition) is 3. The lowest BCUT2D eigenvalue weighted by molar-refractivity contribution is 0.102. The number of carbonyl (C=O) groups is 1. The van der Waals surface area contributed by atoms with Gasteiger partial charge in [-0.1, -0.05) is 12.1 Å². The zero-order valence-corrected chi connectivity index (χ0v) is 16.1. The average Bonchev–Trinajstić information content (AvgIpc) is 2.70. The number of carbonyl (C=O) groups excluding carboxylic acids is 1. The van der Waals surface area contributed by atoms with Gasteiger partial charge in [0.2, 0.25) is 0 Å². The van der Waals surface area contributed by atoms with Gasteiger partial charge in [0.05, 0.1) is 12.1 Å². The zero-order valence-electron chi connectivity index (χ0n) is 16.1. The maximum Gasteiger partial charge on any atom is 0.255 e. The van der Waals surface area contributed by atoms with Crippen LogP contribution in [-0.4, -0.2) is 17.5 Å². The van der Waals surface area contributed by atoms with Gasteiger partial charge < -0.3 is 10.1 Å². The highest BCUT2D eigenvalue weighted by molar-refractivity contribution is 6.06. The van der Waals surface area contributed by atoms with Crippen molar-refractivity contribution in [1.82, 2.24) is 4.98 Å². The number of terminal acetylenes is 1. The summed E-state index contributed by atoms with van der Waals surface area (Å²) >= 11 is 0. The van der Waals surface area contributed by atoms with Crippen molar-refractivity contribution in [2.75, 3.05) is 11.9 Å². The summed E-state index contributed by atoms with van der Waals surface area (Å²) in [6, 6.07) is 16.9. The zero-order chi connectivity index (χ0) is 19.8. The van der Waals surface area contributed by atoms with E-state index in [0.29, 0.717) is 17.9 Å². The summed E-state index contributed by atoms with van der Waals surface area (Å²) in [6.07, 6.45) is 9.10. The largest absolute Gasteiger partial charge is 0.494 e. The molecule has 0 aliphatic heterocycles. The molecule has 1 N–H and O–H groups in total. The van der Waals surface area contributed by atoms with E-state index in [1.54, 1.807) is 6.07 Å². The minimum absolute atomic E-state index is 0.158. The Labute approximate surface area is 165 Å². The summed E-state index contributed by atoms with van der Waals surface area (Å²) in [4.78, 5) is 17.1. The molecule has 0 saturated heterocycles. The van der Waals surface area contributed by atoms with Crippen molar-refractivity contribution in [1.29, 1.82) is 0 Å². The summed E-state index contributed by atoms with van der Waals surface area (Å²) < 4.78 is 5.77. The Morgan fingerprint density at radius 1 is 1.11 bits per heavy atom. The predicted octanol–water partition coefficient (Wildman–Crippen LogP) is 5.37. The number of nitrogens with one attached hydrogen (secondary N) is 1. The van der Waals surface area contributed by atoms with E-state index in [2.05, 4.69) is 16.2 Å². The summed E-state index contributed by atoms with van der Waals surface area (Å²) in [5, 5.41) is 3.88. The van der Waals surface area contributed by atoms with Gasteiger partial charge in [-0.25, -0.2) is 0 Å². The Balaban J connectivity index is 1.59. The molecule has 3 rings (SSSR count). The molecule has 142 valence electrons. The van der Waals surface area contributed by atoms with Crippen LogP contribution in [0.25, 0.3) is 10.9 Å². The predicted molar refractivity (Wildman–Crippen MR) is 114 cm³/mol. The highest BCUT2D eigenvalue weighted by Gasteiger charge is 2.08. The molecule has 3 aromatic rings. The quantitative estimate of drug-likeness (QED) is 0.427. The Kier molecular flexibility index (Phi) is 6.64. The van der Waals surface area contributed by atoms with Crippen LogP contribution in [0.2, 0.25) is 0 Å². The van der Waals surface area contributed by atoms with E-state index in [1.165, 1.54) is 0 Å². The molecule has 0 spiro atoms. The van der Waals surface area contributed by atoms with Gasteiger partial charge in [0.1, 0.15) is 5.75 Å². The standard InChI is InChI=1S/C24H24N2O2/c1-3-4-5-6-7-15-28-22-10-8-9-21(17-22)26-24(27)20-13-14-23-19(16-20)12-11-18(2)25-23/h1,8-14,16-17H,4-7,15H2,2H3,(H,26,27). The van der Waals surface area contributed by atoms with Crippen molar-refractivity contribution >= 4 is 22.5 Å². The molecular weight excluding hydrogens is 348 g/mol. The van der Waals surface area contributed by atoms with Gasteiger partial charge in [-0.2, -0.15) is 0 Å². The van der Waals surface area contributed by atoms with Crippen LogP contribution >= 0.6 is 0 Å². The van der Waals surface area contributed by atoms with Gasteiger partial charge >= 0.3 is 0 Å². The molecule has 0 aliphatic rings. The fourth-order valence-electron chi connectivity index (χ4n) is 2.93. The molecule has 28 heavy (non-hydrogen) atoms. The number of amides is 1. The lowest BCUT2D eigenvalue weighted by Gasteiger charge is -2.10. The Morgan fingerprint density at radius 3 is 2.86 bits per heavy atom. The van der Waals surface area contributed by atoms with E-state index >= 15 is 0 Å². The maximum atomic E-state index is 12.6. The molecule has 0 atom stereocenters. The summed E-state index contributed by atoms with van der Waals surface area (Å²) in [6.45, 7) is 2.59. The molecule has 1 heterocycles. The lowest BCUT2D eigenvalue weighted by atomic mass is 10.1. The number of anilines is 1. The number of aryl methyl sites for hydroxylation is 1. The molecular formula is C24H24N2O2. The highest BCUT2D eigenvalue weighted by Crippen LogP contribution is 2.20. The fourth-order valence-corrected chi connectivity index (χ4v) is 2.93. The van der Waals surface area contributed by atoms with Crippen LogP contribution in [0.1, 0.15) is 41.7 Å². The third-order valence-corrected chi connectivity index (χ3v) is 4.42. The maximum absolute atomic E-state index is 12.6. The lowest BCUT2D eigenvalue weighted by Crippen LogP contribution is -2.12. The first-order valence-corrected chi connectivity index (χ1v) is 9.51. The van der Waals surface area contributed by atoms with Crippen LogP contribution < -0.4 is 10.1 Å². The van der Waals surface area contributed by atoms with Gasteiger partial charge in [0.15, 0.2) is 0 Å². The Bertz CT molecular complexity index is 1000. The SMILES string of the molecule is C#CCCCCCOc1cccc(NC(=O)c2ccc3nc(C)ccc3c2)c1. The molecule has 0 aliphatic carbocycles. The van der Waals surface area contributed by atoms with Crippen LogP contribution in [0.4, 0.5) is 5.69 Å². The van der Waals surface area contributed by atoms with Crippen molar-refractivity contribution in [3.8, 4) is 18.1 Å². The van der Waals surface area contributed by atoms with Crippen LogP contribution in [0.5, 0.6) is 5.75 Å². The number of ether oxygens (including phenoxy) is 1. The molecule has 4 heteroatoms. The van der Waals surface area contributed by atoms with Crippen molar-refractivity contribution in [2.45, 2.75) is 32.6 Å². The van der Waals surface area contributed by atoms with Crippen LogP contribution in [0.15, 0.2) is 54.6 Å². The van der Waals surface area contributed by atoms with Crippen molar-refractivity contribution in [3.63, 3.8) is 0 Å². The van der Waals surface area contributed by atoms with Gasteiger partial charge in [-0.05, 0) is 62.6 Å². The second-order valence-corrected chi connectivity index (χ2v) is 6.71. The van der Waals surface area contributed by atoms with Gasteiger partial charge in [-0.3, -0.25) is 9.78 Å². The number of pyridine rings is 1. The molecule has 0 fully saturated rings. The smallest absolute Gasteiger partial charge is 0.255 e. The van der Waals surface area contributed by atoms with Gasteiger partial charge in [0, 0.05) is 34.8 Å². The number of fused-ring (bicyclic) bond motifs is 1. The fraction of sp³-hybridized carbons (Fsp3) is 0.250. The van der Waals surface area contributed by atoms with E-state index in [-0.39, 0.29) is 5.91 Å². The first kappa shape index (κ1) is 19.4. The molecule has 1 aromatic heterocycles. The molecule has 1 amide bonds. The summed E-state index contributed by atoms with van der Waals surface area (Å²) in [7, 11) is 0. The van der Waals surface area contributed by atoms with E-state index in [9.17, 15) is 4.79 Å². The number of rotatable bonds is 8. The Morgan fingerprint density at radius 2 is 2.00 bits per heavy atom. The normalized spacial score (nSPS) is 10.4. The molecule has 0 unspecified atom stereocenters. The number of benzene rings is 2. The van der Waals surface area contributed by atoms with Crippen LogP contribution in [0.3, 0.4) is 0 Å². The Hall–Kier alpha value is -3.32. The molecule has 4 nitrogen and oxygen atoms in total. The van der Waals surface area contributed by atoms with E-state index in [0.717, 1.165) is 48.0 Å². The van der Waals surface area contributed by atoms with Crippen molar-refractivity contribution in [2.24, 2.45) is 0 Å². The van der Waals surface area contributed by atoms with E-state index in [4.69, 9.17) is 11.2 Å². The van der Waals surface area contributed by atoms with Gasteiger partial charge in [-0.15, -0.1) is 12.3 Å². The molecule has 0 radical (unpaired) electrons.